The molecule has 0 aliphatic heterocycles. The van der Waals surface area contributed by atoms with Gasteiger partial charge in [-0.25, -0.2) is 0 Å². The molecule has 0 radical (unpaired) electrons. The Kier molecular flexibility index (Phi) is 4.49. The molecule has 16 heavy (non-hydrogen) atoms. The van der Waals surface area contributed by atoms with Crippen LogP contribution in [0.2, 0.25) is 0 Å². The molecule has 84 valence electrons. The Labute approximate surface area is 94.5 Å². The lowest BCUT2D eigenvalue weighted by Gasteiger charge is -2.08. The summed E-state index contributed by atoms with van der Waals surface area (Å²) in [6.07, 6.45) is 0. The first-order chi connectivity index (χ1) is 7.63. The van der Waals surface area contributed by atoms with E-state index in [0.29, 0.717) is 18.7 Å². The first kappa shape index (κ1) is 12.2. The molecular formula is C12H14N2O2. The zero-order valence-corrected chi connectivity index (χ0v) is 9.10. The Balaban J connectivity index is 2.38. The highest BCUT2D eigenvalue weighted by Crippen LogP contribution is 2.03. The molecule has 1 rings (SSSR count). The van der Waals surface area contributed by atoms with E-state index < -0.39 is 11.9 Å². The van der Waals surface area contributed by atoms with Gasteiger partial charge in [-0.2, -0.15) is 5.26 Å². The molecule has 0 amide bonds. The third kappa shape index (κ3) is 3.71. The summed E-state index contributed by atoms with van der Waals surface area (Å²) in [7, 11) is 0. The van der Waals surface area contributed by atoms with Crippen LogP contribution in [0.4, 0.5) is 0 Å². The summed E-state index contributed by atoms with van der Waals surface area (Å²) in [5.41, 5.74) is 1.67. The molecule has 2 N–H and O–H groups in total. The van der Waals surface area contributed by atoms with Crippen LogP contribution in [0.5, 0.6) is 0 Å². The standard InChI is InChI=1S/C12H14N2O2/c1-9(12(15)16)7-14-8-11-4-2-10(6-13)3-5-11/h2-5,9,14H,7-8H2,1H3,(H,15,16). The van der Waals surface area contributed by atoms with Crippen molar-refractivity contribution in [1.82, 2.24) is 5.32 Å². The van der Waals surface area contributed by atoms with Gasteiger partial charge in [0.25, 0.3) is 0 Å². The average Bonchev–Trinajstić information content (AvgIpc) is 2.29. The van der Waals surface area contributed by atoms with Crippen molar-refractivity contribution in [2.45, 2.75) is 13.5 Å². The summed E-state index contributed by atoms with van der Waals surface area (Å²) in [5.74, 6) is -1.19. The molecule has 4 nitrogen and oxygen atoms in total. The quantitative estimate of drug-likeness (QED) is 0.782. The molecule has 1 aromatic rings. The fourth-order valence-corrected chi connectivity index (χ4v) is 1.22. The van der Waals surface area contributed by atoms with Gasteiger partial charge < -0.3 is 10.4 Å². The minimum atomic E-state index is -0.799. The maximum absolute atomic E-state index is 10.5. The maximum atomic E-state index is 10.5. The van der Waals surface area contributed by atoms with E-state index in [2.05, 4.69) is 5.32 Å². The number of nitriles is 1. The van der Waals surface area contributed by atoms with Gasteiger partial charge in [0.15, 0.2) is 0 Å². The van der Waals surface area contributed by atoms with Crippen molar-refractivity contribution in [2.75, 3.05) is 6.54 Å². The van der Waals surface area contributed by atoms with Gasteiger partial charge in [0, 0.05) is 13.1 Å². The highest BCUT2D eigenvalue weighted by molar-refractivity contribution is 5.69. The molecule has 1 aromatic carbocycles. The van der Waals surface area contributed by atoms with E-state index in [1.165, 1.54) is 0 Å². The SMILES string of the molecule is CC(CNCc1ccc(C#N)cc1)C(=O)O. The largest absolute Gasteiger partial charge is 0.481 e. The summed E-state index contributed by atoms with van der Waals surface area (Å²) in [4.78, 5) is 10.5. The molecule has 0 saturated carbocycles. The molecule has 0 bridgehead atoms. The van der Waals surface area contributed by atoms with E-state index in [1.54, 1.807) is 19.1 Å². The van der Waals surface area contributed by atoms with Gasteiger partial charge in [-0.3, -0.25) is 4.79 Å². The lowest BCUT2D eigenvalue weighted by molar-refractivity contribution is -0.140. The first-order valence-corrected chi connectivity index (χ1v) is 5.06. The lowest BCUT2D eigenvalue weighted by atomic mass is 10.1. The number of carbonyl (C=O) groups is 1. The fourth-order valence-electron chi connectivity index (χ4n) is 1.22. The van der Waals surface area contributed by atoms with Crippen LogP contribution >= 0.6 is 0 Å². The summed E-state index contributed by atoms with van der Waals surface area (Å²) in [6.45, 7) is 2.72. The average molecular weight is 218 g/mol. The molecule has 0 heterocycles. The normalized spacial score (nSPS) is 11.8. The smallest absolute Gasteiger partial charge is 0.307 e. The van der Waals surface area contributed by atoms with Crippen LogP contribution in [-0.4, -0.2) is 17.6 Å². The Hall–Kier alpha value is -1.86. The molecule has 1 atom stereocenters. The van der Waals surface area contributed by atoms with Crippen LogP contribution < -0.4 is 5.32 Å². The molecule has 0 saturated heterocycles. The Bertz CT molecular complexity index is 392. The summed E-state index contributed by atoms with van der Waals surface area (Å²) in [6, 6.07) is 9.26. The molecule has 4 heteroatoms. The van der Waals surface area contributed by atoms with Crippen molar-refractivity contribution < 1.29 is 9.90 Å². The minimum absolute atomic E-state index is 0.390. The number of hydrogen-bond acceptors (Lipinski definition) is 3. The van der Waals surface area contributed by atoms with E-state index in [1.807, 2.05) is 18.2 Å². The fraction of sp³-hybridized carbons (Fsp3) is 0.333. The lowest BCUT2D eigenvalue weighted by Crippen LogP contribution is -2.25. The van der Waals surface area contributed by atoms with E-state index in [9.17, 15) is 4.79 Å². The molecular weight excluding hydrogens is 204 g/mol. The van der Waals surface area contributed by atoms with Crippen LogP contribution in [0.25, 0.3) is 0 Å². The monoisotopic (exact) mass is 218 g/mol. The second kappa shape index (κ2) is 5.89. The van der Waals surface area contributed by atoms with Crippen LogP contribution in [0.1, 0.15) is 18.1 Å². The van der Waals surface area contributed by atoms with Gasteiger partial charge in [-0.05, 0) is 17.7 Å². The van der Waals surface area contributed by atoms with E-state index in [0.717, 1.165) is 5.56 Å². The number of hydrogen-bond donors (Lipinski definition) is 2. The second-order valence-corrected chi connectivity index (χ2v) is 3.68. The van der Waals surface area contributed by atoms with Gasteiger partial charge in [0.05, 0.1) is 17.6 Å². The minimum Gasteiger partial charge on any atom is -0.481 e. The third-order valence-electron chi connectivity index (χ3n) is 2.28. The summed E-state index contributed by atoms with van der Waals surface area (Å²) < 4.78 is 0. The van der Waals surface area contributed by atoms with Gasteiger partial charge in [0.2, 0.25) is 0 Å². The van der Waals surface area contributed by atoms with E-state index >= 15 is 0 Å². The molecule has 0 aromatic heterocycles. The van der Waals surface area contributed by atoms with E-state index in [-0.39, 0.29) is 0 Å². The van der Waals surface area contributed by atoms with Crippen LogP contribution in [0.15, 0.2) is 24.3 Å². The van der Waals surface area contributed by atoms with Crippen molar-refractivity contribution in [3.63, 3.8) is 0 Å². The first-order valence-electron chi connectivity index (χ1n) is 5.06. The number of carboxylic acid groups (broad SMARTS) is 1. The number of carboxylic acids is 1. The van der Waals surface area contributed by atoms with Crippen molar-refractivity contribution in [3.8, 4) is 6.07 Å². The molecule has 1 unspecified atom stereocenters. The van der Waals surface area contributed by atoms with Crippen LogP contribution in [0, 0.1) is 17.2 Å². The number of aliphatic carboxylic acids is 1. The topological polar surface area (TPSA) is 73.1 Å². The van der Waals surface area contributed by atoms with Crippen LogP contribution in [-0.2, 0) is 11.3 Å². The molecule has 0 aliphatic rings. The number of nitrogens with zero attached hydrogens (tertiary/aromatic N) is 1. The highest BCUT2D eigenvalue weighted by atomic mass is 16.4. The van der Waals surface area contributed by atoms with Crippen molar-refractivity contribution in [1.29, 1.82) is 5.26 Å². The number of benzene rings is 1. The molecule has 0 spiro atoms. The van der Waals surface area contributed by atoms with E-state index in [4.69, 9.17) is 10.4 Å². The maximum Gasteiger partial charge on any atom is 0.307 e. The number of nitrogens with one attached hydrogen (secondary N) is 1. The van der Waals surface area contributed by atoms with Crippen LogP contribution in [0.3, 0.4) is 0 Å². The molecule has 0 aliphatic carbocycles. The van der Waals surface area contributed by atoms with Crippen molar-refractivity contribution in [3.05, 3.63) is 35.4 Å². The van der Waals surface area contributed by atoms with Crippen molar-refractivity contribution in [2.24, 2.45) is 5.92 Å². The van der Waals surface area contributed by atoms with Gasteiger partial charge in [-0.1, -0.05) is 19.1 Å². The highest BCUT2D eigenvalue weighted by Gasteiger charge is 2.09. The van der Waals surface area contributed by atoms with Gasteiger partial charge in [0.1, 0.15) is 0 Å². The zero-order valence-electron chi connectivity index (χ0n) is 9.10. The van der Waals surface area contributed by atoms with Gasteiger partial charge >= 0.3 is 5.97 Å². The zero-order chi connectivity index (χ0) is 12.0. The number of rotatable bonds is 5. The van der Waals surface area contributed by atoms with Crippen molar-refractivity contribution >= 4 is 5.97 Å². The summed E-state index contributed by atoms with van der Waals surface area (Å²) >= 11 is 0. The third-order valence-corrected chi connectivity index (χ3v) is 2.28. The predicted molar refractivity (Wildman–Crippen MR) is 59.7 cm³/mol. The molecule has 0 fully saturated rings. The Morgan fingerprint density at radius 1 is 1.50 bits per heavy atom. The van der Waals surface area contributed by atoms with Gasteiger partial charge in [-0.15, -0.1) is 0 Å². The predicted octanol–water partition coefficient (Wildman–Crippen LogP) is 1.37. The Morgan fingerprint density at radius 3 is 2.62 bits per heavy atom. The summed E-state index contributed by atoms with van der Waals surface area (Å²) in [5, 5.41) is 20.3. The second-order valence-electron chi connectivity index (χ2n) is 3.68. The Morgan fingerprint density at radius 2 is 2.12 bits per heavy atom.